The van der Waals surface area contributed by atoms with Crippen LogP contribution in [0.5, 0.6) is 0 Å². The van der Waals surface area contributed by atoms with Crippen LogP contribution in [0.2, 0.25) is 0 Å². The number of nitrogens with zero attached hydrogens (tertiary/aromatic N) is 3. The first-order chi connectivity index (χ1) is 13.6. The summed E-state index contributed by atoms with van der Waals surface area (Å²) >= 11 is 0. The van der Waals surface area contributed by atoms with E-state index in [-0.39, 0.29) is 6.03 Å². The van der Waals surface area contributed by atoms with E-state index < -0.39 is 0 Å². The zero-order chi connectivity index (χ0) is 19.9. The molecule has 0 aliphatic carbocycles. The number of piperidine rings is 1. The van der Waals surface area contributed by atoms with E-state index in [1.165, 1.54) is 18.5 Å². The third-order valence-electron chi connectivity index (χ3n) is 6.19. The fourth-order valence-corrected chi connectivity index (χ4v) is 4.35. The van der Waals surface area contributed by atoms with E-state index in [2.05, 4.69) is 28.1 Å². The zero-order valence-electron chi connectivity index (χ0n) is 17.7. The molecule has 2 saturated heterocycles. The van der Waals surface area contributed by atoms with Gasteiger partial charge in [0.25, 0.3) is 0 Å². The molecule has 0 saturated carbocycles. The largest absolute Gasteiger partial charge is 0.383 e. The van der Waals surface area contributed by atoms with E-state index in [4.69, 9.17) is 4.74 Å². The van der Waals surface area contributed by atoms with E-state index in [1.54, 1.807) is 7.11 Å². The van der Waals surface area contributed by atoms with Gasteiger partial charge in [-0.05, 0) is 69.3 Å². The number of hydrogen-bond donors (Lipinski definition) is 1. The summed E-state index contributed by atoms with van der Waals surface area (Å²) in [7, 11) is 3.66. The Hall–Kier alpha value is -1.79. The highest BCUT2D eigenvalue weighted by Gasteiger charge is 2.22. The predicted octanol–water partition coefficient (Wildman–Crippen LogP) is 3.42. The van der Waals surface area contributed by atoms with Crippen LogP contribution in [0.3, 0.4) is 0 Å². The molecular weight excluding hydrogens is 352 g/mol. The number of rotatable bonds is 7. The van der Waals surface area contributed by atoms with Gasteiger partial charge in [-0.2, -0.15) is 0 Å². The Kier molecular flexibility index (Phi) is 7.57. The lowest BCUT2D eigenvalue weighted by Crippen LogP contribution is -2.41. The summed E-state index contributed by atoms with van der Waals surface area (Å²) in [5.74, 6) is 0.576. The molecule has 6 nitrogen and oxygen atoms in total. The lowest BCUT2D eigenvalue weighted by Gasteiger charge is -2.33. The number of hydrogen-bond acceptors (Lipinski definition) is 4. The minimum Gasteiger partial charge on any atom is -0.383 e. The highest BCUT2D eigenvalue weighted by molar-refractivity contribution is 5.91. The van der Waals surface area contributed by atoms with Crippen LogP contribution in [0.1, 0.15) is 31.2 Å². The van der Waals surface area contributed by atoms with Crippen molar-refractivity contribution in [3.8, 4) is 0 Å². The van der Waals surface area contributed by atoms with Crippen molar-refractivity contribution in [3.05, 3.63) is 23.8 Å². The van der Waals surface area contributed by atoms with Crippen LogP contribution >= 0.6 is 0 Å². The van der Waals surface area contributed by atoms with Crippen molar-refractivity contribution < 1.29 is 9.53 Å². The summed E-state index contributed by atoms with van der Waals surface area (Å²) in [6.45, 7) is 9.15. The number of carbonyl (C=O) groups is 1. The molecule has 2 aliphatic heterocycles. The number of amides is 2. The normalized spacial score (nSPS) is 18.5. The molecule has 1 aromatic rings. The summed E-state index contributed by atoms with van der Waals surface area (Å²) in [5, 5.41) is 3.13. The maximum absolute atomic E-state index is 12.8. The van der Waals surface area contributed by atoms with Crippen LogP contribution in [-0.2, 0) is 4.74 Å². The highest BCUT2D eigenvalue weighted by atomic mass is 16.5. The quantitative estimate of drug-likeness (QED) is 0.778. The van der Waals surface area contributed by atoms with Crippen molar-refractivity contribution >= 4 is 17.4 Å². The summed E-state index contributed by atoms with van der Waals surface area (Å²) in [6.07, 6.45) is 4.79. The Bertz CT molecular complexity index is 637. The monoisotopic (exact) mass is 388 g/mol. The second kappa shape index (κ2) is 10.1. The van der Waals surface area contributed by atoms with Crippen molar-refractivity contribution in [1.82, 2.24) is 9.80 Å². The number of methoxy groups -OCH3 is 1. The maximum Gasteiger partial charge on any atom is 0.321 e. The predicted molar refractivity (Wildman–Crippen MR) is 115 cm³/mol. The number of nitrogens with one attached hydrogen (secondary N) is 1. The van der Waals surface area contributed by atoms with Crippen molar-refractivity contribution in [2.45, 2.75) is 32.6 Å². The lowest BCUT2D eigenvalue weighted by molar-refractivity contribution is 0.113. The molecule has 0 atom stereocenters. The van der Waals surface area contributed by atoms with Crippen molar-refractivity contribution in [3.63, 3.8) is 0 Å². The number of ether oxygens (including phenoxy) is 1. The van der Waals surface area contributed by atoms with Gasteiger partial charge in [-0.3, -0.25) is 0 Å². The second-order valence-corrected chi connectivity index (χ2v) is 8.23. The summed E-state index contributed by atoms with van der Waals surface area (Å²) < 4.78 is 5.17. The molecule has 2 amide bonds. The number of likely N-dealkylation sites (tertiary alicyclic amines) is 1. The SMILES string of the molecule is COCCN1CCC(CN(C)C(=O)Nc2cccc(N3CCCC3)c2C)CC1. The second-order valence-electron chi connectivity index (χ2n) is 8.23. The summed E-state index contributed by atoms with van der Waals surface area (Å²) in [6, 6.07) is 6.21. The van der Waals surface area contributed by atoms with Gasteiger partial charge in [0.15, 0.2) is 0 Å². The van der Waals surface area contributed by atoms with Crippen LogP contribution in [-0.4, -0.2) is 75.9 Å². The molecule has 2 aliphatic rings. The van der Waals surface area contributed by atoms with Gasteiger partial charge in [-0.1, -0.05) is 6.07 Å². The average molecular weight is 389 g/mol. The Balaban J connectivity index is 1.50. The molecular formula is C22H36N4O2. The maximum atomic E-state index is 12.8. The molecule has 0 bridgehead atoms. The molecule has 1 N–H and O–H groups in total. The number of urea groups is 1. The molecule has 3 rings (SSSR count). The topological polar surface area (TPSA) is 48.1 Å². The van der Waals surface area contributed by atoms with Gasteiger partial charge in [0.1, 0.15) is 0 Å². The van der Waals surface area contributed by atoms with E-state index in [0.29, 0.717) is 5.92 Å². The molecule has 28 heavy (non-hydrogen) atoms. The van der Waals surface area contributed by atoms with Crippen LogP contribution in [0.15, 0.2) is 18.2 Å². The van der Waals surface area contributed by atoms with Crippen molar-refractivity contribution in [2.24, 2.45) is 5.92 Å². The first-order valence-electron chi connectivity index (χ1n) is 10.7. The number of anilines is 2. The van der Waals surface area contributed by atoms with E-state index in [9.17, 15) is 4.79 Å². The summed E-state index contributed by atoms with van der Waals surface area (Å²) in [4.78, 5) is 19.5. The van der Waals surface area contributed by atoms with Gasteiger partial charge in [0.05, 0.1) is 6.61 Å². The van der Waals surface area contributed by atoms with Crippen LogP contribution in [0.25, 0.3) is 0 Å². The Labute approximate surface area is 169 Å². The van der Waals surface area contributed by atoms with E-state index in [0.717, 1.165) is 70.0 Å². The number of carbonyl (C=O) groups excluding carboxylic acids is 1. The average Bonchev–Trinajstić information content (AvgIpc) is 3.23. The highest BCUT2D eigenvalue weighted by Crippen LogP contribution is 2.29. The molecule has 1 aromatic carbocycles. The van der Waals surface area contributed by atoms with Gasteiger partial charge in [0, 0.05) is 51.7 Å². The fraction of sp³-hybridized carbons (Fsp3) is 0.682. The number of benzene rings is 1. The third-order valence-corrected chi connectivity index (χ3v) is 6.19. The van der Waals surface area contributed by atoms with E-state index >= 15 is 0 Å². The molecule has 0 spiro atoms. The molecule has 6 heteroatoms. The summed E-state index contributed by atoms with van der Waals surface area (Å²) in [5.41, 5.74) is 3.34. The van der Waals surface area contributed by atoms with Crippen LogP contribution in [0.4, 0.5) is 16.2 Å². The Morgan fingerprint density at radius 3 is 2.61 bits per heavy atom. The minimum absolute atomic E-state index is 0.0107. The molecule has 0 aromatic heterocycles. The molecule has 2 fully saturated rings. The molecule has 0 unspecified atom stereocenters. The minimum atomic E-state index is -0.0107. The Morgan fingerprint density at radius 2 is 1.93 bits per heavy atom. The molecule has 2 heterocycles. The molecule has 156 valence electrons. The standard InChI is InChI=1S/C22H36N4O2/c1-18-20(7-6-8-21(18)26-11-4-5-12-26)23-22(27)24(2)17-19-9-13-25(14-10-19)15-16-28-3/h6-8,19H,4-5,9-17H2,1-3H3,(H,23,27). The smallest absolute Gasteiger partial charge is 0.321 e. The fourth-order valence-electron chi connectivity index (χ4n) is 4.35. The van der Waals surface area contributed by atoms with Gasteiger partial charge in [-0.25, -0.2) is 4.79 Å². The third kappa shape index (κ3) is 5.39. The van der Waals surface area contributed by atoms with Crippen LogP contribution in [0, 0.1) is 12.8 Å². The Morgan fingerprint density at radius 1 is 1.21 bits per heavy atom. The first-order valence-corrected chi connectivity index (χ1v) is 10.7. The van der Waals surface area contributed by atoms with E-state index in [1.807, 2.05) is 24.1 Å². The zero-order valence-corrected chi connectivity index (χ0v) is 17.7. The molecule has 0 radical (unpaired) electrons. The van der Waals surface area contributed by atoms with Gasteiger partial charge in [-0.15, -0.1) is 0 Å². The van der Waals surface area contributed by atoms with Crippen molar-refractivity contribution in [1.29, 1.82) is 0 Å². The van der Waals surface area contributed by atoms with Crippen LogP contribution < -0.4 is 10.2 Å². The van der Waals surface area contributed by atoms with Crippen molar-refractivity contribution in [2.75, 3.05) is 70.2 Å². The lowest BCUT2D eigenvalue weighted by atomic mass is 9.96. The first kappa shape index (κ1) is 20.9. The van der Waals surface area contributed by atoms with Gasteiger partial charge in [0.2, 0.25) is 0 Å². The van der Waals surface area contributed by atoms with Gasteiger partial charge < -0.3 is 24.8 Å². The van der Waals surface area contributed by atoms with Gasteiger partial charge >= 0.3 is 6.03 Å².